The summed E-state index contributed by atoms with van der Waals surface area (Å²) in [5.41, 5.74) is 2.64. The summed E-state index contributed by atoms with van der Waals surface area (Å²) in [6, 6.07) is 13.4. The molecule has 0 unspecified atom stereocenters. The number of piperidine rings is 1. The van der Waals surface area contributed by atoms with Crippen LogP contribution in [0.25, 0.3) is 0 Å². The van der Waals surface area contributed by atoms with E-state index in [1.807, 2.05) is 43.3 Å². The normalized spacial score (nSPS) is 14.0. The molecule has 33 heavy (non-hydrogen) atoms. The molecule has 8 heteroatoms. The number of rotatable bonds is 9. The van der Waals surface area contributed by atoms with Crippen molar-refractivity contribution in [3.05, 3.63) is 59.2 Å². The van der Waals surface area contributed by atoms with Crippen molar-refractivity contribution in [2.24, 2.45) is 0 Å². The van der Waals surface area contributed by atoms with E-state index in [2.05, 4.69) is 25.5 Å². The third-order valence-corrected chi connectivity index (χ3v) is 5.93. The first kappa shape index (κ1) is 23.1. The quantitative estimate of drug-likeness (QED) is 0.412. The van der Waals surface area contributed by atoms with Crippen molar-refractivity contribution in [3.63, 3.8) is 0 Å². The predicted octanol–water partition coefficient (Wildman–Crippen LogP) is 5.80. The second kappa shape index (κ2) is 11.2. The van der Waals surface area contributed by atoms with Crippen molar-refractivity contribution in [2.45, 2.75) is 26.2 Å². The molecule has 1 saturated heterocycles. The highest BCUT2D eigenvalue weighted by atomic mass is 35.5. The van der Waals surface area contributed by atoms with Gasteiger partial charge in [0.25, 0.3) is 0 Å². The molecule has 0 radical (unpaired) electrons. The van der Waals surface area contributed by atoms with Gasteiger partial charge in [-0.05, 0) is 69.3 Å². The highest BCUT2D eigenvalue weighted by molar-refractivity contribution is 6.32. The molecule has 0 aliphatic carbocycles. The van der Waals surface area contributed by atoms with E-state index in [4.69, 9.17) is 21.1 Å². The van der Waals surface area contributed by atoms with Crippen LogP contribution in [0.5, 0.6) is 11.5 Å². The summed E-state index contributed by atoms with van der Waals surface area (Å²) < 4.78 is 11.2. The minimum Gasteiger partial charge on any atom is -0.495 e. The molecule has 174 valence electrons. The Morgan fingerprint density at radius 3 is 2.52 bits per heavy atom. The summed E-state index contributed by atoms with van der Waals surface area (Å²) in [6.45, 7) is 6.01. The van der Waals surface area contributed by atoms with Crippen LogP contribution in [-0.2, 0) is 0 Å². The zero-order chi connectivity index (χ0) is 23.0. The first-order valence-electron chi connectivity index (χ1n) is 11.3. The molecule has 0 amide bonds. The number of nitrogens with one attached hydrogen (secondary N) is 2. The van der Waals surface area contributed by atoms with Gasteiger partial charge in [0, 0.05) is 35.7 Å². The molecule has 0 bridgehead atoms. The average molecular weight is 468 g/mol. The van der Waals surface area contributed by atoms with E-state index in [1.165, 1.54) is 32.4 Å². The van der Waals surface area contributed by atoms with Gasteiger partial charge in [-0.2, -0.15) is 4.98 Å². The van der Waals surface area contributed by atoms with Gasteiger partial charge in [0.2, 0.25) is 5.95 Å². The van der Waals surface area contributed by atoms with Gasteiger partial charge in [-0.3, -0.25) is 4.90 Å². The molecule has 0 atom stereocenters. The van der Waals surface area contributed by atoms with Gasteiger partial charge >= 0.3 is 0 Å². The maximum absolute atomic E-state index is 6.12. The standard InChI is InChI=1S/C25H30ClN5O2/c1-18-17-27-25(30-24(18)28-20-8-11-22(26)23(16-20)32-2)29-19-6-9-21(10-7-19)33-15-14-31-12-4-3-5-13-31/h6-11,16-17H,3-5,12-15H2,1-2H3,(H2,27,28,29,30). The van der Waals surface area contributed by atoms with Crippen LogP contribution in [0.4, 0.5) is 23.1 Å². The van der Waals surface area contributed by atoms with Gasteiger partial charge in [-0.25, -0.2) is 4.98 Å². The number of anilines is 4. The third kappa shape index (κ3) is 6.49. The van der Waals surface area contributed by atoms with Crippen LogP contribution < -0.4 is 20.1 Å². The lowest BCUT2D eigenvalue weighted by molar-refractivity contribution is 0.183. The van der Waals surface area contributed by atoms with Crippen molar-refractivity contribution in [3.8, 4) is 11.5 Å². The fourth-order valence-electron chi connectivity index (χ4n) is 3.74. The molecular weight excluding hydrogens is 438 g/mol. The molecule has 1 aromatic heterocycles. The fourth-order valence-corrected chi connectivity index (χ4v) is 3.94. The van der Waals surface area contributed by atoms with Crippen LogP contribution in [0.2, 0.25) is 5.02 Å². The van der Waals surface area contributed by atoms with E-state index in [-0.39, 0.29) is 0 Å². The van der Waals surface area contributed by atoms with Crippen LogP contribution in [0.3, 0.4) is 0 Å². The molecular formula is C25H30ClN5O2. The number of likely N-dealkylation sites (tertiary alicyclic amines) is 1. The van der Waals surface area contributed by atoms with Crippen molar-refractivity contribution in [2.75, 3.05) is 44.0 Å². The van der Waals surface area contributed by atoms with E-state index >= 15 is 0 Å². The van der Waals surface area contributed by atoms with Crippen molar-refractivity contribution in [1.82, 2.24) is 14.9 Å². The molecule has 2 heterocycles. The molecule has 0 saturated carbocycles. The molecule has 2 N–H and O–H groups in total. The van der Waals surface area contributed by atoms with E-state index in [0.717, 1.165) is 29.2 Å². The molecule has 1 aliphatic heterocycles. The Bertz CT molecular complexity index is 1060. The lowest BCUT2D eigenvalue weighted by atomic mass is 10.1. The number of methoxy groups -OCH3 is 1. The topological polar surface area (TPSA) is 71.5 Å². The van der Waals surface area contributed by atoms with E-state index in [0.29, 0.717) is 29.1 Å². The number of hydrogen-bond acceptors (Lipinski definition) is 7. The Balaban J connectivity index is 1.34. The van der Waals surface area contributed by atoms with E-state index in [9.17, 15) is 0 Å². The maximum atomic E-state index is 6.12. The van der Waals surface area contributed by atoms with E-state index in [1.54, 1.807) is 19.4 Å². The average Bonchev–Trinajstić information content (AvgIpc) is 2.84. The predicted molar refractivity (Wildman–Crippen MR) is 134 cm³/mol. The monoisotopic (exact) mass is 467 g/mol. The van der Waals surface area contributed by atoms with Gasteiger partial charge in [0.15, 0.2) is 0 Å². The van der Waals surface area contributed by atoms with Crippen molar-refractivity contribution in [1.29, 1.82) is 0 Å². The Morgan fingerprint density at radius 2 is 1.76 bits per heavy atom. The first-order chi connectivity index (χ1) is 16.1. The van der Waals surface area contributed by atoms with Crippen LogP contribution in [0.1, 0.15) is 24.8 Å². The number of ether oxygens (including phenoxy) is 2. The minimum atomic E-state index is 0.503. The fraction of sp³-hybridized carbons (Fsp3) is 0.360. The maximum Gasteiger partial charge on any atom is 0.229 e. The molecule has 3 aromatic rings. The first-order valence-corrected chi connectivity index (χ1v) is 11.6. The lowest BCUT2D eigenvalue weighted by Crippen LogP contribution is -2.33. The number of aromatic nitrogens is 2. The Kier molecular flexibility index (Phi) is 7.86. The Hall–Kier alpha value is -3.03. The van der Waals surface area contributed by atoms with Gasteiger partial charge in [-0.1, -0.05) is 18.0 Å². The minimum absolute atomic E-state index is 0.503. The van der Waals surface area contributed by atoms with Gasteiger partial charge in [0.05, 0.1) is 12.1 Å². The molecule has 1 aliphatic rings. The van der Waals surface area contributed by atoms with Crippen LogP contribution in [0.15, 0.2) is 48.7 Å². The summed E-state index contributed by atoms with van der Waals surface area (Å²) in [4.78, 5) is 11.5. The molecule has 2 aromatic carbocycles. The summed E-state index contributed by atoms with van der Waals surface area (Å²) in [6.07, 6.45) is 5.73. The smallest absolute Gasteiger partial charge is 0.229 e. The molecule has 4 rings (SSSR count). The van der Waals surface area contributed by atoms with Crippen LogP contribution >= 0.6 is 11.6 Å². The zero-order valence-electron chi connectivity index (χ0n) is 19.1. The number of benzene rings is 2. The second-order valence-corrected chi connectivity index (χ2v) is 8.51. The SMILES string of the molecule is COc1cc(Nc2nc(Nc3ccc(OCCN4CCCCC4)cc3)ncc2C)ccc1Cl. The zero-order valence-corrected chi connectivity index (χ0v) is 19.9. The van der Waals surface area contributed by atoms with E-state index < -0.39 is 0 Å². The van der Waals surface area contributed by atoms with Crippen LogP contribution in [0, 0.1) is 6.92 Å². The number of nitrogens with zero attached hydrogens (tertiary/aromatic N) is 3. The number of hydrogen-bond donors (Lipinski definition) is 2. The summed E-state index contributed by atoms with van der Waals surface area (Å²) in [5, 5.41) is 7.12. The highest BCUT2D eigenvalue weighted by Gasteiger charge is 2.10. The van der Waals surface area contributed by atoms with Gasteiger partial charge < -0.3 is 20.1 Å². The van der Waals surface area contributed by atoms with Gasteiger partial charge in [-0.15, -0.1) is 0 Å². The second-order valence-electron chi connectivity index (χ2n) is 8.10. The van der Waals surface area contributed by atoms with Crippen molar-refractivity contribution >= 4 is 34.7 Å². The third-order valence-electron chi connectivity index (χ3n) is 5.62. The summed E-state index contributed by atoms with van der Waals surface area (Å²) in [5.74, 6) is 2.67. The summed E-state index contributed by atoms with van der Waals surface area (Å²) >= 11 is 6.12. The van der Waals surface area contributed by atoms with Crippen LogP contribution in [-0.4, -0.2) is 48.2 Å². The Morgan fingerprint density at radius 1 is 1.00 bits per heavy atom. The molecule has 7 nitrogen and oxygen atoms in total. The Labute approximate surface area is 200 Å². The molecule has 1 fully saturated rings. The number of halogens is 1. The van der Waals surface area contributed by atoms with Crippen molar-refractivity contribution < 1.29 is 9.47 Å². The number of aryl methyl sites for hydroxylation is 1. The molecule has 0 spiro atoms. The van der Waals surface area contributed by atoms with Gasteiger partial charge in [0.1, 0.15) is 23.9 Å². The highest BCUT2D eigenvalue weighted by Crippen LogP contribution is 2.29. The summed E-state index contributed by atoms with van der Waals surface area (Å²) in [7, 11) is 1.59. The largest absolute Gasteiger partial charge is 0.495 e. The lowest BCUT2D eigenvalue weighted by Gasteiger charge is -2.26.